The highest BCUT2D eigenvalue weighted by atomic mass is 32.1. The Balaban J connectivity index is 1.37. The molecule has 0 bridgehead atoms. The van der Waals surface area contributed by atoms with Crippen LogP contribution in [0.5, 0.6) is 5.75 Å². The van der Waals surface area contributed by atoms with E-state index < -0.39 is 18.0 Å². The summed E-state index contributed by atoms with van der Waals surface area (Å²) in [4.78, 5) is 36.6. The zero-order chi connectivity index (χ0) is 22.8. The molecule has 32 heavy (non-hydrogen) atoms. The van der Waals surface area contributed by atoms with Crippen LogP contribution in [-0.2, 0) is 20.9 Å². The fraction of sp³-hybridized carbons (Fsp3) is 0.208. The molecule has 1 atom stereocenters. The van der Waals surface area contributed by atoms with Gasteiger partial charge in [0, 0.05) is 12.2 Å². The SMILES string of the molecule is CC(OC(=O)CCNC(=O)c1cccs1)C(=O)Nc1ccc(OCc2ccccc2)cc1. The van der Waals surface area contributed by atoms with Gasteiger partial charge in [0.25, 0.3) is 11.8 Å². The van der Waals surface area contributed by atoms with Crippen LogP contribution in [0.1, 0.15) is 28.6 Å². The van der Waals surface area contributed by atoms with Gasteiger partial charge in [-0.25, -0.2) is 0 Å². The summed E-state index contributed by atoms with van der Waals surface area (Å²) in [6.07, 6.45) is -0.994. The van der Waals surface area contributed by atoms with E-state index >= 15 is 0 Å². The molecule has 0 saturated heterocycles. The van der Waals surface area contributed by atoms with Crippen LogP contribution in [0, 0.1) is 0 Å². The molecule has 0 spiro atoms. The lowest BCUT2D eigenvalue weighted by Crippen LogP contribution is -2.31. The number of esters is 1. The normalized spacial score (nSPS) is 11.3. The Labute approximate surface area is 190 Å². The van der Waals surface area contributed by atoms with Crippen molar-refractivity contribution in [2.45, 2.75) is 26.1 Å². The summed E-state index contributed by atoms with van der Waals surface area (Å²) >= 11 is 1.32. The maximum absolute atomic E-state index is 12.3. The first-order valence-corrected chi connectivity index (χ1v) is 11.0. The van der Waals surface area contributed by atoms with Gasteiger partial charge in [-0.15, -0.1) is 11.3 Å². The maximum Gasteiger partial charge on any atom is 0.308 e. The second kappa shape index (κ2) is 11.7. The molecule has 1 heterocycles. The second-order valence-corrected chi connectivity index (χ2v) is 7.85. The van der Waals surface area contributed by atoms with E-state index in [-0.39, 0.29) is 18.9 Å². The van der Waals surface area contributed by atoms with E-state index in [0.29, 0.717) is 22.9 Å². The molecule has 0 saturated carbocycles. The first-order chi connectivity index (χ1) is 15.5. The van der Waals surface area contributed by atoms with Crippen LogP contribution in [0.2, 0.25) is 0 Å². The largest absolute Gasteiger partial charge is 0.489 e. The van der Waals surface area contributed by atoms with Gasteiger partial charge >= 0.3 is 5.97 Å². The number of hydrogen-bond acceptors (Lipinski definition) is 6. The number of anilines is 1. The van der Waals surface area contributed by atoms with E-state index in [1.807, 2.05) is 30.3 Å². The van der Waals surface area contributed by atoms with Crippen LogP contribution < -0.4 is 15.4 Å². The van der Waals surface area contributed by atoms with Crippen LogP contribution in [0.15, 0.2) is 72.1 Å². The molecule has 8 heteroatoms. The van der Waals surface area contributed by atoms with Crippen molar-refractivity contribution in [3.05, 3.63) is 82.6 Å². The molecule has 0 fully saturated rings. The lowest BCUT2D eigenvalue weighted by Gasteiger charge is -2.14. The second-order valence-electron chi connectivity index (χ2n) is 6.90. The number of hydrogen-bond donors (Lipinski definition) is 2. The van der Waals surface area contributed by atoms with E-state index in [9.17, 15) is 14.4 Å². The smallest absolute Gasteiger partial charge is 0.308 e. The third-order valence-corrected chi connectivity index (χ3v) is 5.28. The fourth-order valence-electron chi connectivity index (χ4n) is 2.70. The highest BCUT2D eigenvalue weighted by molar-refractivity contribution is 7.12. The minimum atomic E-state index is -0.968. The van der Waals surface area contributed by atoms with Crippen molar-refractivity contribution in [1.29, 1.82) is 0 Å². The molecule has 0 radical (unpaired) electrons. The van der Waals surface area contributed by atoms with Gasteiger partial charge in [-0.1, -0.05) is 36.4 Å². The molecule has 2 aromatic carbocycles. The molecule has 1 unspecified atom stereocenters. The number of amides is 2. The van der Waals surface area contributed by atoms with Gasteiger partial charge in [0.15, 0.2) is 6.10 Å². The summed E-state index contributed by atoms with van der Waals surface area (Å²) in [5, 5.41) is 7.14. The van der Waals surface area contributed by atoms with Crippen molar-refractivity contribution in [1.82, 2.24) is 5.32 Å². The molecule has 3 rings (SSSR count). The summed E-state index contributed by atoms with van der Waals surface area (Å²) in [5.41, 5.74) is 1.62. The molecule has 7 nitrogen and oxygen atoms in total. The minimum absolute atomic E-state index is 0.0256. The molecular weight excluding hydrogens is 428 g/mol. The van der Waals surface area contributed by atoms with Crippen molar-refractivity contribution in [2.24, 2.45) is 0 Å². The molecule has 166 valence electrons. The van der Waals surface area contributed by atoms with Gasteiger partial charge in [-0.3, -0.25) is 14.4 Å². The molecule has 0 aliphatic carbocycles. The summed E-state index contributed by atoms with van der Waals surface area (Å²) in [7, 11) is 0. The molecule has 1 aromatic heterocycles. The van der Waals surface area contributed by atoms with Gasteiger partial charge in [0.1, 0.15) is 12.4 Å². The molecule has 0 aliphatic rings. The Morgan fingerprint density at radius 3 is 2.41 bits per heavy atom. The van der Waals surface area contributed by atoms with Gasteiger partial charge in [-0.05, 0) is 48.2 Å². The number of rotatable bonds is 10. The fourth-order valence-corrected chi connectivity index (χ4v) is 3.34. The average molecular weight is 453 g/mol. The minimum Gasteiger partial charge on any atom is -0.489 e. The topological polar surface area (TPSA) is 93.7 Å². The third kappa shape index (κ3) is 7.24. The van der Waals surface area contributed by atoms with E-state index in [1.165, 1.54) is 18.3 Å². The lowest BCUT2D eigenvalue weighted by molar-refractivity contribution is -0.153. The number of thiophene rings is 1. The first-order valence-electron chi connectivity index (χ1n) is 10.1. The number of ether oxygens (including phenoxy) is 2. The van der Waals surface area contributed by atoms with Crippen LogP contribution in [0.25, 0.3) is 0 Å². The zero-order valence-electron chi connectivity index (χ0n) is 17.6. The monoisotopic (exact) mass is 452 g/mol. The number of carbonyl (C=O) groups is 3. The van der Waals surface area contributed by atoms with Crippen molar-refractivity contribution in [3.8, 4) is 5.75 Å². The summed E-state index contributed by atoms with van der Waals surface area (Å²) < 4.78 is 10.9. The lowest BCUT2D eigenvalue weighted by atomic mass is 10.2. The quantitative estimate of drug-likeness (QED) is 0.453. The Hall–Kier alpha value is -3.65. The van der Waals surface area contributed by atoms with E-state index in [0.717, 1.165) is 5.56 Å². The molecular formula is C24H24N2O5S. The zero-order valence-corrected chi connectivity index (χ0v) is 18.4. The standard InChI is InChI=1S/C24H24N2O5S/c1-17(31-22(27)13-14-25-24(29)21-8-5-15-32-21)23(28)26-19-9-11-20(12-10-19)30-16-18-6-3-2-4-7-18/h2-12,15,17H,13-14,16H2,1H3,(H,25,29)(H,26,28). The first kappa shape index (κ1) is 23.0. The predicted molar refractivity (Wildman–Crippen MR) is 123 cm³/mol. The highest BCUT2D eigenvalue weighted by Gasteiger charge is 2.18. The van der Waals surface area contributed by atoms with Gasteiger partial charge in [0.2, 0.25) is 0 Å². The van der Waals surface area contributed by atoms with Crippen molar-refractivity contribution in [2.75, 3.05) is 11.9 Å². The Morgan fingerprint density at radius 1 is 0.969 bits per heavy atom. The Morgan fingerprint density at radius 2 is 1.72 bits per heavy atom. The Bertz CT molecular complexity index is 1020. The number of benzene rings is 2. The van der Waals surface area contributed by atoms with Crippen LogP contribution >= 0.6 is 11.3 Å². The van der Waals surface area contributed by atoms with E-state index in [1.54, 1.807) is 41.8 Å². The summed E-state index contributed by atoms with van der Waals surface area (Å²) in [5.74, 6) is -0.576. The van der Waals surface area contributed by atoms with E-state index in [4.69, 9.17) is 9.47 Å². The van der Waals surface area contributed by atoms with Gasteiger partial charge < -0.3 is 20.1 Å². The molecule has 0 aliphatic heterocycles. The maximum atomic E-state index is 12.3. The summed E-state index contributed by atoms with van der Waals surface area (Å²) in [6.45, 7) is 2.08. The summed E-state index contributed by atoms with van der Waals surface area (Å²) in [6, 6.07) is 20.2. The van der Waals surface area contributed by atoms with Crippen LogP contribution in [-0.4, -0.2) is 30.4 Å². The third-order valence-electron chi connectivity index (χ3n) is 4.41. The predicted octanol–water partition coefficient (Wildman–Crippen LogP) is 4.02. The van der Waals surface area contributed by atoms with Gasteiger partial charge in [-0.2, -0.15) is 0 Å². The van der Waals surface area contributed by atoms with E-state index in [2.05, 4.69) is 10.6 Å². The van der Waals surface area contributed by atoms with Gasteiger partial charge in [0.05, 0.1) is 11.3 Å². The molecule has 2 N–H and O–H groups in total. The van der Waals surface area contributed by atoms with Crippen LogP contribution in [0.3, 0.4) is 0 Å². The molecule has 3 aromatic rings. The number of carbonyl (C=O) groups excluding carboxylic acids is 3. The van der Waals surface area contributed by atoms with Crippen LogP contribution in [0.4, 0.5) is 5.69 Å². The highest BCUT2D eigenvalue weighted by Crippen LogP contribution is 2.17. The molecule has 2 amide bonds. The number of nitrogens with one attached hydrogen (secondary N) is 2. The average Bonchev–Trinajstić information content (AvgIpc) is 3.34. The van der Waals surface area contributed by atoms with Crippen molar-refractivity contribution < 1.29 is 23.9 Å². The van der Waals surface area contributed by atoms with Crippen molar-refractivity contribution >= 4 is 34.8 Å². The van der Waals surface area contributed by atoms with Crippen molar-refractivity contribution in [3.63, 3.8) is 0 Å². The Kier molecular flexibility index (Phi) is 8.39.